The molecule has 0 aliphatic rings. The van der Waals surface area contributed by atoms with E-state index < -0.39 is 23.7 Å². The molecule has 2 rings (SSSR count). The molecule has 0 unspecified atom stereocenters. The lowest BCUT2D eigenvalue weighted by Gasteiger charge is -2.23. The van der Waals surface area contributed by atoms with Gasteiger partial charge in [-0.15, -0.1) is 11.8 Å². The molecule has 0 aromatic heterocycles. The fraction of sp³-hybridized carbons (Fsp3) is 0.333. The van der Waals surface area contributed by atoms with Crippen LogP contribution in [0.2, 0.25) is 0 Å². The zero-order valence-corrected chi connectivity index (χ0v) is 16.5. The largest absolute Gasteiger partial charge is 0.480 e. The number of aliphatic carboxylic acids is 1. The van der Waals surface area contributed by atoms with E-state index in [9.17, 15) is 14.7 Å². The lowest BCUT2D eigenvalue weighted by Crippen LogP contribution is -2.45. The second-order valence-electron chi connectivity index (χ2n) is 7.07. The summed E-state index contributed by atoms with van der Waals surface area (Å²) in [6, 6.07) is 18.7. The lowest BCUT2D eigenvalue weighted by molar-refractivity contribution is -0.138. The van der Waals surface area contributed by atoms with Gasteiger partial charge in [-0.05, 0) is 31.9 Å². The Labute approximate surface area is 164 Å². The molecule has 0 aliphatic heterocycles. The summed E-state index contributed by atoms with van der Waals surface area (Å²) in [6.45, 7) is 5.20. The van der Waals surface area contributed by atoms with Gasteiger partial charge in [0.05, 0.1) is 5.25 Å². The number of ether oxygens (including phenoxy) is 1. The van der Waals surface area contributed by atoms with Gasteiger partial charge in [-0.2, -0.15) is 0 Å². The molecule has 0 bridgehead atoms. The van der Waals surface area contributed by atoms with E-state index in [0.29, 0.717) is 0 Å². The van der Waals surface area contributed by atoms with Gasteiger partial charge in [0.25, 0.3) is 0 Å². The van der Waals surface area contributed by atoms with E-state index in [2.05, 4.69) is 5.32 Å². The smallest absolute Gasteiger partial charge is 0.408 e. The van der Waals surface area contributed by atoms with Crippen LogP contribution in [0.4, 0.5) is 4.79 Å². The molecule has 0 spiro atoms. The number of carbonyl (C=O) groups excluding carboxylic acids is 1. The maximum atomic E-state index is 12.0. The van der Waals surface area contributed by atoms with E-state index in [-0.39, 0.29) is 11.0 Å². The lowest BCUT2D eigenvalue weighted by atomic mass is 10.0. The van der Waals surface area contributed by atoms with Gasteiger partial charge >= 0.3 is 12.1 Å². The predicted octanol–water partition coefficient (Wildman–Crippen LogP) is 4.49. The van der Waals surface area contributed by atoms with Gasteiger partial charge in [0, 0.05) is 5.75 Å². The van der Waals surface area contributed by atoms with E-state index in [1.54, 1.807) is 20.8 Å². The van der Waals surface area contributed by atoms with Crippen LogP contribution in [0.25, 0.3) is 0 Å². The highest BCUT2D eigenvalue weighted by Gasteiger charge is 2.26. The zero-order chi connectivity index (χ0) is 19.9. The van der Waals surface area contributed by atoms with Crippen LogP contribution in [0.3, 0.4) is 0 Å². The molecule has 0 saturated heterocycles. The Kier molecular flexibility index (Phi) is 7.30. The third-order valence-corrected chi connectivity index (χ3v) is 5.03. The third-order valence-electron chi connectivity index (χ3n) is 3.62. The molecule has 2 aromatic rings. The first-order valence-electron chi connectivity index (χ1n) is 8.70. The van der Waals surface area contributed by atoms with Crippen molar-refractivity contribution in [3.63, 3.8) is 0 Å². The first kappa shape index (κ1) is 20.8. The second kappa shape index (κ2) is 9.46. The topological polar surface area (TPSA) is 75.6 Å². The molecule has 27 heavy (non-hydrogen) atoms. The van der Waals surface area contributed by atoms with Crippen LogP contribution in [0.15, 0.2) is 60.7 Å². The average Bonchev–Trinajstić information content (AvgIpc) is 2.61. The van der Waals surface area contributed by atoms with Crippen LogP contribution >= 0.6 is 11.8 Å². The Morgan fingerprint density at radius 1 is 1.00 bits per heavy atom. The Morgan fingerprint density at radius 2 is 1.48 bits per heavy atom. The van der Waals surface area contributed by atoms with Crippen LogP contribution in [0.5, 0.6) is 0 Å². The Bertz CT molecular complexity index is 704. The van der Waals surface area contributed by atoms with Crippen molar-refractivity contribution in [2.24, 2.45) is 0 Å². The number of amides is 1. The van der Waals surface area contributed by atoms with E-state index in [0.717, 1.165) is 11.1 Å². The van der Waals surface area contributed by atoms with Gasteiger partial charge in [-0.25, -0.2) is 9.59 Å². The number of carbonyl (C=O) groups is 2. The molecule has 1 atom stereocenters. The molecule has 0 saturated carbocycles. The van der Waals surface area contributed by atoms with Crippen molar-refractivity contribution in [3.05, 3.63) is 71.8 Å². The fourth-order valence-corrected chi connectivity index (χ4v) is 3.77. The second-order valence-corrected chi connectivity index (χ2v) is 8.21. The Morgan fingerprint density at radius 3 is 1.89 bits per heavy atom. The quantitative estimate of drug-likeness (QED) is 0.732. The van der Waals surface area contributed by atoms with E-state index in [4.69, 9.17) is 4.74 Å². The van der Waals surface area contributed by atoms with Crippen LogP contribution < -0.4 is 5.32 Å². The van der Waals surface area contributed by atoms with Gasteiger partial charge in [0.1, 0.15) is 11.6 Å². The number of carboxylic acid groups (broad SMARTS) is 1. The molecule has 5 nitrogen and oxygen atoms in total. The minimum atomic E-state index is -1.09. The van der Waals surface area contributed by atoms with E-state index in [1.165, 1.54) is 11.8 Å². The van der Waals surface area contributed by atoms with Crippen LogP contribution in [-0.2, 0) is 9.53 Å². The zero-order valence-electron chi connectivity index (χ0n) is 15.7. The van der Waals surface area contributed by atoms with Crippen molar-refractivity contribution < 1.29 is 19.4 Å². The number of rotatable bonds is 7. The summed E-state index contributed by atoms with van der Waals surface area (Å²) in [7, 11) is 0. The number of benzene rings is 2. The molecule has 6 heteroatoms. The summed E-state index contributed by atoms with van der Waals surface area (Å²) in [4.78, 5) is 23.6. The first-order chi connectivity index (χ1) is 12.8. The van der Waals surface area contributed by atoms with Gasteiger partial charge in [-0.3, -0.25) is 0 Å². The molecule has 0 heterocycles. The molecule has 0 fully saturated rings. The SMILES string of the molecule is CC(C)(C)OC(=O)N[C@H](CSC(c1ccccc1)c1ccccc1)C(=O)O. The minimum absolute atomic E-state index is 0.0327. The highest BCUT2D eigenvalue weighted by atomic mass is 32.2. The summed E-state index contributed by atoms with van der Waals surface area (Å²) in [5.74, 6) is -0.878. The fourth-order valence-electron chi connectivity index (χ4n) is 2.46. The highest BCUT2D eigenvalue weighted by molar-refractivity contribution is 7.99. The molecular formula is C21H25NO4S. The monoisotopic (exact) mass is 387 g/mol. The molecule has 1 amide bonds. The van der Waals surface area contributed by atoms with E-state index >= 15 is 0 Å². The summed E-state index contributed by atoms with van der Waals surface area (Å²) in [5, 5.41) is 11.9. The van der Waals surface area contributed by atoms with Gasteiger partial charge in [0.15, 0.2) is 0 Å². The number of hydrogen-bond donors (Lipinski definition) is 2. The highest BCUT2D eigenvalue weighted by Crippen LogP contribution is 2.35. The summed E-state index contributed by atoms with van der Waals surface area (Å²) in [6.07, 6.45) is -0.730. The number of alkyl carbamates (subject to hydrolysis) is 1. The molecular weight excluding hydrogens is 362 g/mol. The Balaban J connectivity index is 2.12. The third kappa shape index (κ3) is 6.98. The van der Waals surface area contributed by atoms with Gasteiger partial charge in [-0.1, -0.05) is 60.7 Å². The average molecular weight is 388 g/mol. The number of hydrogen-bond acceptors (Lipinski definition) is 4. The summed E-state index contributed by atoms with van der Waals surface area (Å²) in [5.41, 5.74) is 1.47. The number of thioether (sulfide) groups is 1. The van der Waals surface area contributed by atoms with Crippen LogP contribution in [0, 0.1) is 0 Å². The van der Waals surface area contributed by atoms with Crippen LogP contribution in [-0.4, -0.2) is 34.6 Å². The first-order valence-corrected chi connectivity index (χ1v) is 9.75. The van der Waals surface area contributed by atoms with Crippen LogP contribution in [0.1, 0.15) is 37.1 Å². The maximum Gasteiger partial charge on any atom is 0.408 e. The molecule has 0 aliphatic carbocycles. The number of carboxylic acids is 1. The normalized spacial score (nSPS) is 12.4. The van der Waals surface area contributed by atoms with Gasteiger partial charge < -0.3 is 15.2 Å². The molecule has 0 radical (unpaired) electrons. The van der Waals surface area contributed by atoms with Gasteiger partial charge in [0.2, 0.25) is 0 Å². The van der Waals surface area contributed by atoms with Crippen molar-refractivity contribution in [1.82, 2.24) is 5.32 Å². The van der Waals surface area contributed by atoms with Crippen molar-refractivity contribution in [1.29, 1.82) is 0 Å². The minimum Gasteiger partial charge on any atom is -0.480 e. The summed E-state index contributed by atoms with van der Waals surface area (Å²) < 4.78 is 5.17. The van der Waals surface area contributed by atoms with Crippen molar-refractivity contribution in [2.45, 2.75) is 37.7 Å². The van der Waals surface area contributed by atoms with Crippen molar-refractivity contribution in [2.75, 3.05) is 5.75 Å². The summed E-state index contributed by atoms with van der Waals surface area (Å²) >= 11 is 1.47. The standard InChI is InChI=1S/C21H25NO4S/c1-21(2,3)26-20(25)22-17(19(23)24)14-27-18(15-10-6-4-7-11-15)16-12-8-5-9-13-16/h4-13,17-18H,14H2,1-3H3,(H,22,25)(H,23,24)/t17-/m1/s1. The predicted molar refractivity (Wildman–Crippen MR) is 108 cm³/mol. The van der Waals surface area contributed by atoms with Crippen molar-refractivity contribution in [3.8, 4) is 0 Å². The number of nitrogens with one attached hydrogen (secondary N) is 1. The van der Waals surface area contributed by atoms with Crippen molar-refractivity contribution >= 4 is 23.8 Å². The molecule has 2 N–H and O–H groups in total. The Hall–Kier alpha value is -2.47. The molecule has 2 aromatic carbocycles. The maximum absolute atomic E-state index is 12.0. The van der Waals surface area contributed by atoms with E-state index in [1.807, 2.05) is 60.7 Å². The molecule has 144 valence electrons.